The van der Waals surface area contributed by atoms with Gasteiger partial charge in [0.15, 0.2) is 0 Å². The van der Waals surface area contributed by atoms with Gasteiger partial charge < -0.3 is 5.32 Å². The first kappa shape index (κ1) is 19.4. The highest BCUT2D eigenvalue weighted by atomic mass is 19.1. The van der Waals surface area contributed by atoms with Crippen molar-refractivity contribution in [2.24, 2.45) is 0 Å². The second-order valence-corrected chi connectivity index (χ2v) is 6.98. The van der Waals surface area contributed by atoms with Gasteiger partial charge in [0.2, 0.25) is 5.91 Å². The van der Waals surface area contributed by atoms with Crippen LogP contribution in [0.5, 0.6) is 0 Å². The van der Waals surface area contributed by atoms with Crippen molar-refractivity contribution in [3.63, 3.8) is 0 Å². The number of benzene rings is 1. The van der Waals surface area contributed by atoms with E-state index < -0.39 is 47.8 Å². The number of carbonyl (C=O) groups is 4. The minimum absolute atomic E-state index is 0.339. The highest BCUT2D eigenvalue weighted by Gasteiger charge is 2.44. The first-order valence-electron chi connectivity index (χ1n) is 8.02. The number of hydrogen-bond donors (Lipinski definition) is 2. The largest absolute Gasteiger partial charge is 0.333 e. The van der Waals surface area contributed by atoms with E-state index in [0.717, 1.165) is 4.90 Å². The van der Waals surface area contributed by atoms with Crippen molar-refractivity contribution in [1.82, 2.24) is 15.5 Å². The van der Waals surface area contributed by atoms with Crippen molar-refractivity contribution in [3.8, 4) is 0 Å². The first-order valence-corrected chi connectivity index (χ1v) is 8.02. The van der Waals surface area contributed by atoms with Crippen LogP contribution in [0.2, 0.25) is 0 Å². The number of nitrogens with zero attached hydrogens (tertiary/aromatic N) is 2. The molecule has 0 saturated carbocycles. The molecule has 1 saturated heterocycles. The Morgan fingerprint density at radius 2 is 1.73 bits per heavy atom. The van der Waals surface area contributed by atoms with Crippen molar-refractivity contribution in [2.75, 3.05) is 11.4 Å². The third-order valence-corrected chi connectivity index (χ3v) is 3.60. The molecular formula is C17H21FN4O4. The maximum Gasteiger partial charge on any atom is 0.332 e. The maximum absolute atomic E-state index is 13.1. The van der Waals surface area contributed by atoms with Gasteiger partial charge in [-0.25, -0.2) is 14.0 Å². The van der Waals surface area contributed by atoms with Crippen molar-refractivity contribution >= 4 is 29.6 Å². The van der Waals surface area contributed by atoms with Gasteiger partial charge in [-0.1, -0.05) is 0 Å². The van der Waals surface area contributed by atoms with Crippen LogP contribution in [0.15, 0.2) is 24.3 Å². The predicted molar refractivity (Wildman–Crippen MR) is 91.9 cm³/mol. The van der Waals surface area contributed by atoms with Crippen LogP contribution in [0.1, 0.15) is 27.7 Å². The molecule has 1 fully saturated rings. The van der Waals surface area contributed by atoms with E-state index in [1.165, 1.54) is 36.1 Å². The zero-order chi connectivity index (χ0) is 19.6. The molecule has 26 heavy (non-hydrogen) atoms. The average molecular weight is 364 g/mol. The molecule has 1 aliphatic rings. The smallest absolute Gasteiger partial charge is 0.332 e. The average Bonchev–Trinajstić information content (AvgIpc) is 2.70. The summed E-state index contributed by atoms with van der Waals surface area (Å²) in [5.74, 6) is -1.84. The van der Waals surface area contributed by atoms with E-state index in [0.29, 0.717) is 5.69 Å². The van der Waals surface area contributed by atoms with Crippen molar-refractivity contribution in [2.45, 2.75) is 39.3 Å². The second kappa shape index (κ2) is 7.11. The molecule has 0 spiro atoms. The van der Waals surface area contributed by atoms with Gasteiger partial charge in [0.05, 0.1) is 0 Å². The molecule has 0 aliphatic carbocycles. The molecule has 140 valence electrons. The number of urea groups is 2. The van der Waals surface area contributed by atoms with Gasteiger partial charge in [0.1, 0.15) is 18.4 Å². The zero-order valence-corrected chi connectivity index (χ0v) is 15.0. The number of halogens is 1. The predicted octanol–water partition coefficient (Wildman–Crippen LogP) is 1.61. The summed E-state index contributed by atoms with van der Waals surface area (Å²) in [7, 11) is 0. The number of carbonyl (C=O) groups excluding carboxylic acids is 4. The van der Waals surface area contributed by atoms with Gasteiger partial charge in [-0.3, -0.25) is 24.7 Å². The fourth-order valence-corrected chi connectivity index (χ4v) is 2.49. The summed E-state index contributed by atoms with van der Waals surface area (Å²) in [6.07, 6.45) is 0. The maximum atomic E-state index is 13.1. The Labute approximate surface area is 150 Å². The van der Waals surface area contributed by atoms with Gasteiger partial charge in [0, 0.05) is 11.2 Å². The Kier molecular flexibility index (Phi) is 5.29. The normalized spacial score (nSPS) is 17.5. The summed E-state index contributed by atoms with van der Waals surface area (Å²) in [6, 6.07) is 2.82. The lowest BCUT2D eigenvalue weighted by atomic mass is 10.1. The monoisotopic (exact) mass is 364 g/mol. The Hall–Kier alpha value is -2.97. The lowest BCUT2D eigenvalue weighted by Gasteiger charge is -2.21. The standard InChI is InChI=1S/C17H21FN4O4/c1-10-14(24)21(9-13(23)19-15(25)20-17(2,3)4)16(26)22(10)12-7-5-11(18)6-8-12/h5-8,10H,9H2,1-4H3,(H2,19,20,23,25). The Morgan fingerprint density at radius 3 is 2.27 bits per heavy atom. The van der Waals surface area contributed by atoms with Crippen LogP contribution < -0.4 is 15.5 Å². The van der Waals surface area contributed by atoms with Gasteiger partial charge >= 0.3 is 12.1 Å². The van der Waals surface area contributed by atoms with E-state index in [-0.39, 0.29) is 0 Å². The molecule has 0 bridgehead atoms. The lowest BCUT2D eigenvalue weighted by Crippen LogP contribution is -2.51. The molecule has 8 nitrogen and oxygen atoms in total. The Balaban J connectivity index is 2.07. The third-order valence-electron chi connectivity index (χ3n) is 3.60. The highest BCUT2D eigenvalue weighted by Crippen LogP contribution is 2.25. The lowest BCUT2D eigenvalue weighted by molar-refractivity contribution is -0.131. The van der Waals surface area contributed by atoms with Crippen LogP contribution >= 0.6 is 0 Å². The fraction of sp³-hybridized carbons (Fsp3) is 0.412. The van der Waals surface area contributed by atoms with Crippen LogP contribution in [0, 0.1) is 5.82 Å². The van der Waals surface area contributed by atoms with Gasteiger partial charge in [-0.05, 0) is 52.0 Å². The van der Waals surface area contributed by atoms with E-state index in [4.69, 9.17) is 0 Å². The highest BCUT2D eigenvalue weighted by molar-refractivity contribution is 6.15. The van der Waals surface area contributed by atoms with Gasteiger partial charge in [0.25, 0.3) is 5.91 Å². The number of anilines is 1. The third kappa shape index (κ3) is 4.35. The molecule has 1 heterocycles. The Morgan fingerprint density at radius 1 is 1.15 bits per heavy atom. The van der Waals surface area contributed by atoms with Crippen molar-refractivity contribution < 1.29 is 23.6 Å². The minimum Gasteiger partial charge on any atom is -0.333 e. The van der Waals surface area contributed by atoms with Crippen LogP contribution in [0.4, 0.5) is 19.7 Å². The van der Waals surface area contributed by atoms with Crippen LogP contribution in [0.3, 0.4) is 0 Å². The number of rotatable bonds is 3. The van der Waals surface area contributed by atoms with E-state index in [1.807, 2.05) is 0 Å². The zero-order valence-electron chi connectivity index (χ0n) is 15.0. The summed E-state index contributed by atoms with van der Waals surface area (Å²) in [6.45, 7) is 6.15. The van der Waals surface area contributed by atoms with Gasteiger partial charge in [-0.15, -0.1) is 0 Å². The molecule has 1 aliphatic heterocycles. The summed E-state index contributed by atoms with van der Waals surface area (Å²) in [5.41, 5.74) is -0.206. The van der Waals surface area contributed by atoms with E-state index in [9.17, 15) is 23.6 Å². The van der Waals surface area contributed by atoms with E-state index in [2.05, 4.69) is 10.6 Å². The topological polar surface area (TPSA) is 98.8 Å². The SMILES string of the molecule is CC1C(=O)N(CC(=O)NC(=O)NC(C)(C)C)C(=O)N1c1ccc(F)cc1. The molecule has 1 atom stereocenters. The molecule has 0 radical (unpaired) electrons. The second-order valence-electron chi connectivity index (χ2n) is 6.98. The minimum atomic E-state index is -0.843. The van der Waals surface area contributed by atoms with Gasteiger partial charge in [-0.2, -0.15) is 0 Å². The van der Waals surface area contributed by atoms with Crippen molar-refractivity contribution in [1.29, 1.82) is 0 Å². The molecule has 9 heteroatoms. The molecule has 1 unspecified atom stereocenters. The number of amides is 6. The number of nitrogens with one attached hydrogen (secondary N) is 2. The van der Waals surface area contributed by atoms with Crippen molar-refractivity contribution in [3.05, 3.63) is 30.1 Å². The summed E-state index contributed by atoms with van der Waals surface area (Å²) >= 11 is 0. The number of imide groups is 2. The summed E-state index contributed by atoms with van der Waals surface area (Å²) < 4.78 is 13.1. The van der Waals surface area contributed by atoms with E-state index in [1.54, 1.807) is 20.8 Å². The first-order chi connectivity index (χ1) is 12.0. The summed E-state index contributed by atoms with van der Waals surface area (Å²) in [4.78, 5) is 50.5. The van der Waals surface area contributed by atoms with Crippen LogP contribution in [0.25, 0.3) is 0 Å². The molecular weight excluding hydrogens is 343 g/mol. The molecule has 1 aromatic carbocycles. The quantitative estimate of drug-likeness (QED) is 0.796. The van der Waals surface area contributed by atoms with Crippen LogP contribution in [-0.2, 0) is 9.59 Å². The molecule has 2 rings (SSSR count). The van der Waals surface area contributed by atoms with E-state index >= 15 is 0 Å². The van der Waals surface area contributed by atoms with Crippen LogP contribution in [-0.4, -0.2) is 46.9 Å². The fourth-order valence-electron chi connectivity index (χ4n) is 2.49. The summed E-state index contributed by atoms with van der Waals surface area (Å²) in [5, 5.41) is 4.62. The molecule has 1 aromatic rings. The number of hydrogen-bond acceptors (Lipinski definition) is 4. The molecule has 2 N–H and O–H groups in total. The molecule has 0 aromatic heterocycles. The Bertz CT molecular complexity index is 742. The molecule has 6 amide bonds.